The third-order valence-corrected chi connectivity index (χ3v) is 4.29. The van der Waals surface area contributed by atoms with E-state index in [9.17, 15) is 9.59 Å². The minimum absolute atomic E-state index is 0.209. The number of piperidine rings is 1. The first-order valence-electron chi connectivity index (χ1n) is 7.46. The van der Waals surface area contributed by atoms with E-state index in [-0.39, 0.29) is 17.7 Å². The van der Waals surface area contributed by atoms with Gasteiger partial charge in [-0.2, -0.15) is 5.26 Å². The Bertz CT molecular complexity index is 652. The Balaban J connectivity index is 1.66. The fourth-order valence-corrected chi connectivity index (χ4v) is 2.98. The van der Waals surface area contributed by atoms with E-state index in [0.29, 0.717) is 25.2 Å². The Morgan fingerprint density at radius 1 is 1.14 bits per heavy atom. The highest BCUT2D eigenvalue weighted by Crippen LogP contribution is 2.26. The second-order valence-corrected chi connectivity index (χ2v) is 5.71. The van der Waals surface area contributed by atoms with E-state index < -0.39 is 0 Å². The Morgan fingerprint density at radius 2 is 1.82 bits per heavy atom. The van der Waals surface area contributed by atoms with Crippen molar-refractivity contribution in [2.24, 2.45) is 5.92 Å². The van der Waals surface area contributed by atoms with Gasteiger partial charge in [-0.15, -0.1) is 0 Å². The molecule has 0 N–H and O–H groups in total. The summed E-state index contributed by atoms with van der Waals surface area (Å²) in [4.78, 5) is 27.7. The molecular weight excluding hydrogens is 278 g/mol. The van der Waals surface area contributed by atoms with Crippen molar-refractivity contribution in [2.45, 2.75) is 12.8 Å². The largest absolute Gasteiger partial charge is 0.311 e. The zero-order chi connectivity index (χ0) is 15.5. The molecule has 1 saturated heterocycles. The lowest BCUT2D eigenvalue weighted by molar-refractivity contribution is -0.137. The first kappa shape index (κ1) is 14.3. The van der Waals surface area contributed by atoms with E-state index in [0.717, 1.165) is 18.4 Å². The average molecular weight is 295 g/mol. The standard InChI is InChI=1S/C17H17N3O2/c18-12-19-8-6-13(7-9-19)11-20-16(21)10-15(17(20)22)14-4-2-1-3-5-14/h1-5,10,13H,6-9,11H2. The number of amides is 2. The maximum atomic E-state index is 12.5. The number of carbonyl (C=O) groups is 2. The molecule has 0 aromatic heterocycles. The number of benzene rings is 1. The topological polar surface area (TPSA) is 64.4 Å². The number of nitriles is 1. The van der Waals surface area contributed by atoms with Crippen molar-refractivity contribution >= 4 is 17.4 Å². The quantitative estimate of drug-likeness (QED) is 0.628. The number of hydrogen-bond acceptors (Lipinski definition) is 4. The number of imide groups is 1. The van der Waals surface area contributed by atoms with Crippen LogP contribution in [0.3, 0.4) is 0 Å². The molecule has 1 fully saturated rings. The maximum absolute atomic E-state index is 12.5. The fraction of sp³-hybridized carbons (Fsp3) is 0.353. The molecule has 0 unspecified atom stereocenters. The van der Waals surface area contributed by atoms with Crippen molar-refractivity contribution in [1.82, 2.24) is 9.80 Å². The molecule has 0 atom stereocenters. The van der Waals surface area contributed by atoms with Crippen molar-refractivity contribution in [3.05, 3.63) is 42.0 Å². The highest BCUT2D eigenvalue weighted by molar-refractivity contribution is 6.33. The van der Waals surface area contributed by atoms with Crippen LogP contribution in [0.5, 0.6) is 0 Å². The summed E-state index contributed by atoms with van der Waals surface area (Å²) in [5.74, 6) is -0.161. The van der Waals surface area contributed by atoms with Crippen LogP contribution in [0.25, 0.3) is 5.57 Å². The van der Waals surface area contributed by atoms with E-state index in [4.69, 9.17) is 5.26 Å². The maximum Gasteiger partial charge on any atom is 0.261 e. The summed E-state index contributed by atoms with van der Waals surface area (Å²) in [6.45, 7) is 1.86. The first-order chi connectivity index (χ1) is 10.7. The second-order valence-electron chi connectivity index (χ2n) is 5.71. The summed E-state index contributed by atoms with van der Waals surface area (Å²) in [6.07, 6.45) is 5.25. The third kappa shape index (κ3) is 2.73. The molecule has 0 saturated carbocycles. The third-order valence-electron chi connectivity index (χ3n) is 4.29. The lowest BCUT2D eigenvalue weighted by atomic mass is 9.96. The number of rotatable bonds is 3. The van der Waals surface area contributed by atoms with Gasteiger partial charge in [-0.05, 0) is 24.3 Å². The molecule has 5 heteroatoms. The van der Waals surface area contributed by atoms with E-state index in [1.807, 2.05) is 30.3 Å². The first-order valence-corrected chi connectivity index (χ1v) is 7.46. The molecule has 2 amide bonds. The highest BCUT2D eigenvalue weighted by atomic mass is 16.2. The van der Waals surface area contributed by atoms with E-state index >= 15 is 0 Å². The molecule has 0 spiro atoms. The van der Waals surface area contributed by atoms with Gasteiger partial charge in [0.2, 0.25) is 0 Å². The van der Waals surface area contributed by atoms with Gasteiger partial charge in [0.25, 0.3) is 11.8 Å². The van der Waals surface area contributed by atoms with Gasteiger partial charge in [-0.3, -0.25) is 14.5 Å². The van der Waals surface area contributed by atoms with Gasteiger partial charge in [-0.1, -0.05) is 30.3 Å². The molecule has 22 heavy (non-hydrogen) atoms. The molecule has 2 aliphatic rings. The van der Waals surface area contributed by atoms with Crippen LogP contribution in [0.4, 0.5) is 0 Å². The zero-order valence-electron chi connectivity index (χ0n) is 12.2. The predicted octanol–water partition coefficient (Wildman–Crippen LogP) is 1.63. The molecule has 1 aromatic rings. The Morgan fingerprint density at radius 3 is 2.45 bits per heavy atom. The van der Waals surface area contributed by atoms with Gasteiger partial charge < -0.3 is 4.90 Å². The monoisotopic (exact) mass is 295 g/mol. The summed E-state index contributed by atoms with van der Waals surface area (Å²) in [5.41, 5.74) is 1.25. The van der Waals surface area contributed by atoms with Crippen LogP contribution in [0.2, 0.25) is 0 Å². The Labute approximate surface area is 129 Å². The van der Waals surface area contributed by atoms with Crippen LogP contribution in [-0.4, -0.2) is 41.2 Å². The van der Waals surface area contributed by atoms with Crippen molar-refractivity contribution in [1.29, 1.82) is 5.26 Å². The number of nitrogens with zero attached hydrogens (tertiary/aromatic N) is 3. The van der Waals surface area contributed by atoms with Gasteiger partial charge in [0.05, 0.1) is 5.57 Å². The van der Waals surface area contributed by atoms with Crippen LogP contribution in [0.1, 0.15) is 18.4 Å². The van der Waals surface area contributed by atoms with E-state index in [2.05, 4.69) is 6.19 Å². The van der Waals surface area contributed by atoms with E-state index in [1.165, 1.54) is 11.0 Å². The molecule has 0 bridgehead atoms. The van der Waals surface area contributed by atoms with Gasteiger partial charge >= 0.3 is 0 Å². The summed E-state index contributed by atoms with van der Waals surface area (Å²) >= 11 is 0. The smallest absolute Gasteiger partial charge is 0.261 e. The summed E-state index contributed by atoms with van der Waals surface area (Å²) in [7, 11) is 0. The summed E-state index contributed by atoms with van der Waals surface area (Å²) < 4.78 is 0. The van der Waals surface area contributed by atoms with Crippen LogP contribution >= 0.6 is 0 Å². The molecule has 3 rings (SSSR count). The predicted molar refractivity (Wildman–Crippen MR) is 81.0 cm³/mol. The number of hydrogen-bond donors (Lipinski definition) is 0. The summed E-state index contributed by atoms with van der Waals surface area (Å²) in [5, 5.41) is 8.86. The lowest BCUT2D eigenvalue weighted by Crippen LogP contribution is -2.39. The molecule has 2 aliphatic heterocycles. The van der Waals surface area contributed by atoms with Crippen molar-refractivity contribution in [3.8, 4) is 6.19 Å². The van der Waals surface area contributed by atoms with Gasteiger partial charge in [0.1, 0.15) is 0 Å². The number of carbonyl (C=O) groups excluding carboxylic acids is 2. The summed E-state index contributed by atoms with van der Waals surface area (Å²) in [6, 6.07) is 9.27. The Hall–Kier alpha value is -2.61. The van der Waals surface area contributed by atoms with Crippen molar-refractivity contribution in [2.75, 3.05) is 19.6 Å². The average Bonchev–Trinajstić information content (AvgIpc) is 2.84. The molecular formula is C17H17N3O2. The van der Waals surface area contributed by atoms with Crippen LogP contribution in [0.15, 0.2) is 36.4 Å². The minimum Gasteiger partial charge on any atom is -0.311 e. The molecule has 112 valence electrons. The molecule has 0 aliphatic carbocycles. The lowest BCUT2D eigenvalue weighted by Gasteiger charge is -2.30. The van der Waals surface area contributed by atoms with Crippen LogP contribution in [0, 0.1) is 17.4 Å². The van der Waals surface area contributed by atoms with Gasteiger partial charge in [0.15, 0.2) is 6.19 Å². The van der Waals surface area contributed by atoms with Crippen LogP contribution < -0.4 is 0 Å². The van der Waals surface area contributed by atoms with Crippen LogP contribution in [-0.2, 0) is 9.59 Å². The normalized spacial score (nSPS) is 19.3. The molecule has 1 aromatic carbocycles. The number of likely N-dealkylation sites (tertiary alicyclic amines) is 1. The minimum atomic E-state index is -0.230. The molecule has 5 nitrogen and oxygen atoms in total. The zero-order valence-corrected chi connectivity index (χ0v) is 12.2. The SMILES string of the molecule is N#CN1CCC(CN2C(=O)C=C(c3ccccc3)C2=O)CC1. The van der Waals surface area contributed by atoms with Crippen molar-refractivity contribution < 1.29 is 9.59 Å². The Kier molecular flexibility index (Phi) is 3.92. The van der Waals surface area contributed by atoms with Crippen molar-refractivity contribution in [3.63, 3.8) is 0 Å². The molecule has 0 radical (unpaired) electrons. The van der Waals surface area contributed by atoms with Gasteiger partial charge in [-0.25, -0.2) is 0 Å². The van der Waals surface area contributed by atoms with Gasteiger partial charge in [0, 0.05) is 25.7 Å². The second kappa shape index (κ2) is 6.02. The fourth-order valence-electron chi connectivity index (χ4n) is 2.98. The van der Waals surface area contributed by atoms with E-state index in [1.54, 1.807) is 4.90 Å². The molecule has 2 heterocycles. The highest BCUT2D eigenvalue weighted by Gasteiger charge is 2.34.